The summed E-state index contributed by atoms with van der Waals surface area (Å²) in [6.45, 7) is 4.23. The molecule has 0 atom stereocenters. The Kier molecular flexibility index (Phi) is 13.2. The summed E-state index contributed by atoms with van der Waals surface area (Å²) in [6.07, 6.45) is 6.78. The molecule has 0 aliphatic carbocycles. The molecule has 1 heterocycles. The molecular weight excluding hydrogens is 308 g/mol. The van der Waals surface area contributed by atoms with Crippen LogP contribution in [0.3, 0.4) is 0 Å². The SMILES string of the molecule is Cl.N=C(N)NCCN1CCCCCCC1.O=S(=O)(O)O. The van der Waals surface area contributed by atoms with Gasteiger partial charge in [0.2, 0.25) is 0 Å². The summed E-state index contributed by atoms with van der Waals surface area (Å²) in [7, 11) is -4.67. The fraction of sp³-hybridized carbons (Fsp3) is 0.900. The van der Waals surface area contributed by atoms with E-state index in [4.69, 9.17) is 28.7 Å². The molecule has 1 fully saturated rings. The lowest BCUT2D eigenvalue weighted by atomic mass is 10.1. The van der Waals surface area contributed by atoms with Gasteiger partial charge in [-0.1, -0.05) is 19.3 Å². The number of nitrogens with two attached hydrogens (primary N) is 1. The van der Waals surface area contributed by atoms with Gasteiger partial charge in [-0.25, -0.2) is 0 Å². The van der Waals surface area contributed by atoms with Crippen molar-refractivity contribution in [2.75, 3.05) is 26.2 Å². The van der Waals surface area contributed by atoms with Gasteiger partial charge in [0, 0.05) is 13.1 Å². The lowest BCUT2D eigenvalue weighted by molar-refractivity contribution is 0.251. The maximum absolute atomic E-state index is 8.74. The van der Waals surface area contributed by atoms with Crippen LogP contribution in [0.2, 0.25) is 0 Å². The van der Waals surface area contributed by atoms with Crippen molar-refractivity contribution in [2.45, 2.75) is 32.1 Å². The van der Waals surface area contributed by atoms with Crippen molar-refractivity contribution in [3.05, 3.63) is 0 Å². The summed E-state index contributed by atoms with van der Waals surface area (Å²) in [5.41, 5.74) is 5.22. The predicted molar refractivity (Wildman–Crippen MR) is 80.9 cm³/mol. The van der Waals surface area contributed by atoms with Crippen LogP contribution >= 0.6 is 12.4 Å². The minimum Gasteiger partial charge on any atom is -0.370 e. The van der Waals surface area contributed by atoms with Crippen molar-refractivity contribution in [3.63, 3.8) is 0 Å². The summed E-state index contributed by atoms with van der Waals surface area (Å²) >= 11 is 0. The molecule has 0 radical (unpaired) electrons. The van der Waals surface area contributed by atoms with E-state index in [2.05, 4.69) is 10.2 Å². The van der Waals surface area contributed by atoms with Crippen LogP contribution in [0.5, 0.6) is 0 Å². The zero-order valence-corrected chi connectivity index (χ0v) is 13.0. The molecule has 0 spiro atoms. The lowest BCUT2D eigenvalue weighted by Gasteiger charge is -2.24. The normalized spacial score (nSPS) is 16.7. The van der Waals surface area contributed by atoms with Gasteiger partial charge in [-0.05, 0) is 25.9 Å². The number of guanidine groups is 1. The van der Waals surface area contributed by atoms with Gasteiger partial charge in [0.1, 0.15) is 0 Å². The number of hydrogen-bond acceptors (Lipinski definition) is 4. The standard InChI is InChI=1S/C10H22N4.ClH.H2O4S/c11-10(12)13-6-9-14-7-4-2-1-3-5-8-14;;1-5(2,3)4/h1-9H2,(H4,11,12,13);1H;(H2,1,2,3,4). The molecule has 0 saturated carbocycles. The molecule has 1 rings (SSSR count). The number of rotatable bonds is 3. The van der Waals surface area contributed by atoms with Crippen molar-refractivity contribution in [3.8, 4) is 0 Å². The molecule has 0 aromatic carbocycles. The third-order valence-corrected chi connectivity index (χ3v) is 2.69. The lowest BCUT2D eigenvalue weighted by Crippen LogP contribution is -2.38. The first-order valence-corrected chi connectivity index (χ1v) is 7.69. The first-order valence-electron chi connectivity index (χ1n) is 6.29. The molecule has 20 heavy (non-hydrogen) atoms. The average molecular weight is 333 g/mol. The Morgan fingerprint density at radius 3 is 1.95 bits per heavy atom. The number of likely N-dealkylation sites (tertiary alicyclic amines) is 1. The molecule has 10 heteroatoms. The van der Waals surface area contributed by atoms with E-state index in [1.807, 2.05) is 0 Å². The van der Waals surface area contributed by atoms with Gasteiger partial charge in [-0.3, -0.25) is 14.5 Å². The monoisotopic (exact) mass is 332 g/mol. The Morgan fingerprint density at radius 1 is 1.15 bits per heavy atom. The summed E-state index contributed by atoms with van der Waals surface area (Å²) in [5, 5.41) is 9.89. The van der Waals surface area contributed by atoms with Crippen molar-refractivity contribution in [1.82, 2.24) is 10.2 Å². The van der Waals surface area contributed by atoms with E-state index in [9.17, 15) is 0 Å². The van der Waals surface area contributed by atoms with E-state index in [0.717, 1.165) is 13.1 Å². The minimum absolute atomic E-state index is 0. The predicted octanol–water partition coefficient (Wildman–Crippen LogP) is 0.505. The molecule has 0 bridgehead atoms. The van der Waals surface area contributed by atoms with Crippen LogP contribution in [0.25, 0.3) is 0 Å². The smallest absolute Gasteiger partial charge is 0.370 e. The van der Waals surface area contributed by atoms with Gasteiger partial charge >= 0.3 is 10.4 Å². The zero-order chi connectivity index (χ0) is 14.7. The number of nitrogens with zero attached hydrogens (tertiary/aromatic N) is 1. The first-order chi connectivity index (χ1) is 8.79. The summed E-state index contributed by atoms with van der Waals surface area (Å²) in [6, 6.07) is 0. The van der Waals surface area contributed by atoms with Crippen molar-refractivity contribution in [1.29, 1.82) is 5.41 Å². The number of hydrogen-bond donors (Lipinski definition) is 5. The molecule has 1 saturated heterocycles. The maximum atomic E-state index is 8.74. The highest BCUT2D eigenvalue weighted by molar-refractivity contribution is 7.79. The molecule has 0 aromatic heterocycles. The average Bonchev–Trinajstić information content (AvgIpc) is 2.17. The van der Waals surface area contributed by atoms with Gasteiger partial charge in [0.25, 0.3) is 0 Å². The van der Waals surface area contributed by atoms with Gasteiger partial charge in [0.15, 0.2) is 5.96 Å². The minimum atomic E-state index is -4.67. The van der Waals surface area contributed by atoms with Crippen LogP contribution in [0.15, 0.2) is 0 Å². The van der Waals surface area contributed by atoms with E-state index in [1.54, 1.807) is 0 Å². The largest absolute Gasteiger partial charge is 0.394 e. The Morgan fingerprint density at radius 2 is 1.55 bits per heavy atom. The molecule has 6 N–H and O–H groups in total. The topological polar surface area (TPSA) is 140 Å². The Bertz CT molecular complexity index is 337. The van der Waals surface area contributed by atoms with E-state index >= 15 is 0 Å². The Labute approximate surface area is 126 Å². The van der Waals surface area contributed by atoms with Crippen LogP contribution in [-0.2, 0) is 10.4 Å². The Balaban J connectivity index is 0. The second-order valence-electron chi connectivity index (χ2n) is 4.40. The third-order valence-electron chi connectivity index (χ3n) is 2.69. The van der Waals surface area contributed by atoms with Crippen LogP contribution in [0.1, 0.15) is 32.1 Å². The van der Waals surface area contributed by atoms with Crippen LogP contribution in [0.4, 0.5) is 0 Å². The molecule has 1 aliphatic heterocycles. The summed E-state index contributed by atoms with van der Waals surface area (Å²) in [5.74, 6) is 0.0806. The van der Waals surface area contributed by atoms with Gasteiger partial charge in [-0.15, -0.1) is 12.4 Å². The first kappa shape index (κ1) is 21.7. The molecule has 0 aromatic rings. The van der Waals surface area contributed by atoms with Crippen molar-refractivity contribution < 1.29 is 17.5 Å². The van der Waals surface area contributed by atoms with E-state index in [0.29, 0.717) is 0 Å². The van der Waals surface area contributed by atoms with Crippen molar-refractivity contribution in [2.24, 2.45) is 5.73 Å². The maximum Gasteiger partial charge on any atom is 0.394 e. The zero-order valence-electron chi connectivity index (χ0n) is 11.4. The second kappa shape index (κ2) is 12.2. The highest BCUT2D eigenvalue weighted by atomic mass is 35.5. The summed E-state index contributed by atoms with van der Waals surface area (Å²) in [4.78, 5) is 2.47. The molecule has 0 unspecified atom stereocenters. The van der Waals surface area contributed by atoms with Crippen LogP contribution in [-0.4, -0.2) is 54.6 Å². The van der Waals surface area contributed by atoms with Gasteiger partial charge in [0.05, 0.1) is 0 Å². The highest BCUT2D eigenvalue weighted by Gasteiger charge is 2.06. The molecular formula is C10H25ClN4O4S. The highest BCUT2D eigenvalue weighted by Crippen LogP contribution is 2.09. The number of halogens is 1. The third kappa shape index (κ3) is 19.7. The number of nitrogens with one attached hydrogen (secondary N) is 2. The quantitative estimate of drug-likeness (QED) is 0.288. The van der Waals surface area contributed by atoms with Crippen LogP contribution in [0, 0.1) is 5.41 Å². The molecule has 0 amide bonds. The van der Waals surface area contributed by atoms with Gasteiger partial charge < -0.3 is 16.0 Å². The van der Waals surface area contributed by atoms with E-state index in [1.165, 1.54) is 45.2 Å². The summed E-state index contributed by atoms with van der Waals surface area (Å²) < 4.78 is 31.6. The molecule has 122 valence electrons. The molecule has 8 nitrogen and oxygen atoms in total. The van der Waals surface area contributed by atoms with Gasteiger partial charge in [-0.2, -0.15) is 8.42 Å². The fourth-order valence-electron chi connectivity index (χ4n) is 1.89. The Hall–Kier alpha value is -0.610. The van der Waals surface area contributed by atoms with Crippen molar-refractivity contribution >= 4 is 28.8 Å². The second-order valence-corrected chi connectivity index (χ2v) is 5.29. The van der Waals surface area contributed by atoms with E-state index < -0.39 is 10.4 Å². The fourth-order valence-corrected chi connectivity index (χ4v) is 1.89. The van der Waals surface area contributed by atoms with Crippen LogP contribution < -0.4 is 11.1 Å². The molecule has 1 aliphatic rings. The van der Waals surface area contributed by atoms with E-state index in [-0.39, 0.29) is 18.4 Å².